The Labute approximate surface area is 205 Å². The van der Waals surface area contributed by atoms with E-state index in [1.54, 1.807) is 9.80 Å². The number of amides is 3. The Kier molecular flexibility index (Phi) is 6.05. The summed E-state index contributed by atoms with van der Waals surface area (Å²) in [7, 11) is 0. The van der Waals surface area contributed by atoms with Gasteiger partial charge in [0.2, 0.25) is 11.8 Å². The summed E-state index contributed by atoms with van der Waals surface area (Å²) in [6.45, 7) is 7.08. The van der Waals surface area contributed by atoms with Crippen molar-refractivity contribution in [2.45, 2.75) is 44.9 Å². The minimum absolute atomic E-state index is 0.00538. The lowest BCUT2D eigenvalue weighted by Gasteiger charge is -2.35. The normalized spacial score (nSPS) is 32.0. The number of anilines is 1. The summed E-state index contributed by atoms with van der Waals surface area (Å²) in [6.07, 6.45) is 7.74. The van der Waals surface area contributed by atoms with Gasteiger partial charge >= 0.3 is 0 Å². The van der Waals surface area contributed by atoms with Crippen LogP contribution in [0, 0.1) is 25.7 Å². The van der Waals surface area contributed by atoms with E-state index in [4.69, 9.17) is 4.74 Å². The predicted molar refractivity (Wildman–Crippen MR) is 131 cm³/mol. The summed E-state index contributed by atoms with van der Waals surface area (Å²) in [5, 5.41) is 9.79. The average molecular weight is 480 g/mol. The van der Waals surface area contributed by atoms with Crippen LogP contribution in [0.3, 0.4) is 0 Å². The number of carbonyl (C=O) groups excluding carboxylic acids is 3. The lowest BCUT2D eigenvalue weighted by atomic mass is 9.77. The fourth-order valence-electron chi connectivity index (χ4n) is 6.23. The fraction of sp³-hybridized carbons (Fsp3) is 0.519. The van der Waals surface area contributed by atoms with E-state index in [2.05, 4.69) is 0 Å². The van der Waals surface area contributed by atoms with E-state index in [1.165, 1.54) is 4.90 Å². The van der Waals surface area contributed by atoms with Crippen molar-refractivity contribution in [2.24, 2.45) is 11.8 Å². The predicted octanol–water partition coefficient (Wildman–Crippen LogP) is 1.59. The summed E-state index contributed by atoms with van der Waals surface area (Å²) in [5.41, 5.74) is 1.50. The highest BCUT2D eigenvalue weighted by Gasteiger charge is 2.71. The second-order valence-electron chi connectivity index (χ2n) is 9.95. The third kappa shape index (κ3) is 3.53. The van der Waals surface area contributed by atoms with Gasteiger partial charge in [-0.2, -0.15) is 0 Å². The zero-order valence-corrected chi connectivity index (χ0v) is 20.5. The van der Waals surface area contributed by atoms with Gasteiger partial charge in [-0.05, 0) is 37.5 Å². The summed E-state index contributed by atoms with van der Waals surface area (Å²) < 4.78 is 6.58. The molecule has 1 aromatic carbocycles. The number of benzene rings is 1. The maximum atomic E-state index is 14.2. The summed E-state index contributed by atoms with van der Waals surface area (Å²) in [4.78, 5) is 46.6. The molecule has 4 aliphatic rings. The Morgan fingerprint density at radius 2 is 1.86 bits per heavy atom. The number of likely N-dealkylation sites (tertiary alicyclic amines) is 1. The van der Waals surface area contributed by atoms with Crippen LogP contribution < -0.4 is 4.90 Å². The average Bonchev–Trinajstić information content (AvgIpc) is 3.14. The molecular weight excluding hydrogens is 446 g/mol. The number of rotatable bonds is 5. The Balaban J connectivity index is 1.61. The lowest BCUT2D eigenvalue weighted by Crippen LogP contribution is -2.55. The number of hydrogen-bond donors (Lipinski definition) is 1. The zero-order valence-electron chi connectivity index (χ0n) is 20.5. The third-order valence-corrected chi connectivity index (χ3v) is 7.73. The quantitative estimate of drug-likeness (QED) is 0.648. The first-order valence-electron chi connectivity index (χ1n) is 12.4. The molecule has 5 rings (SSSR count). The van der Waals surface area contributed by atoms with E-state index >= 15 is 0 Å². The molecule has 1 unspecified atom stereocenters. The van der Waals surface area contributed by atoms with Crippen LogP contribution >= 0.6 is 0 Å². The molecule has 3 amide bonds. The molecular formula is C27H33N3O5. The van der Waals surface area contributed by atoms with E-state index < -0.39 is 29.6 Å². The Bertz CT molecular complexity index is 1110. The van der Waals surface area contributed by atoms with Gasteiger partial charge in [-0.3, -0.25) is 14.4 Å². The molecule has 2 saturated heterocycles. The van der Waals surface area contributed by atoms with Crippen LogP contribution in [-0.4, -0.2) is 83.2 Å². The van der Waals surface area contributed by atoms with Gasteiger partial charge in [0.15, 0.2) is 0 Å². The number of hydrogen-bond acceptors (Lipinski definition) is 5. The van der Waals surface area contributed by atoms with Gasteiger partial charge in [0.25, 0.3) is 5.91 Å². The van der Waals surface area contributed by atoms with Crippen molar-refractivity contribution < 1.29 is 24.2 Å². The molecule has 35 heavy (non-hydrogen) atoms. The summed E-state index contributed by atoms with van der Waals surface area (Å²) >= 11 is 0. The molecule has 1 aromatic rings. The molecule has 5 atom stereocenters. The number of β-amino-alcohol motifs (C(OH)–C–C–N with tert-alkyl or cyclic N) is 1. The van der Waals surface area contributed by atoms with Gasteiger partial charge in [0, 0.05) is 31.9 Å². The maximum Gasteiger partial charge on any atom is 0.253 e. The minimum atomic E-state index is -1.26. The standard InChI is InChI=1S/C27H33N3O5/c1-4-11-28-12-5-7-20-21(24(28)32)22-25(33)30(14-15-31)23-26(34)29(13-6-10-27(22,23)35-20)19-16-17(2)8-9-18(19)3/h5-10,16,20-23,31H,4,11-15H2,1-3H3/t20-,21+,22+,23?,27+/m1/s1. The molecule has 1 spiro atoms. The van der Waals surface area contributed by atoms with E-state index in [-0.39, 0.29) is 30.9 Å². The van der Waals surface area contributed by atoms with Gasteiger partial charge in [0.05, 0.1) is 24.5 Å². The molecule has 0 aliphatic carbocycles. The molecule has 0 bridgehead atoms. The number of aliphatic hydroxyl groups is 1. The van der Waals surface area contributed by atoms with Gasteiger partial charge in [-0.1, -0.05) is 43.4 Å². The topological polar surface area (TPSA) is 90.4 Å². The van der Waals surface area contributed by atoms with Gasteiger partial charge in [0.1, 0.15) is 11.6 Å². The number of carbonyl (C=O) groups is 3. The van der Waals surface area contributed by atoms with Crippen molar-refractivity contribution in [2.75, 3.05) is 37.7 Å². The second kappa shape index (κ2) is 8.91. The first-order chi connectivity index (χ1) is 16.8. The SMILES string of the molecule is CCCN1CC=C[C@H]2O[C@]34C=CCN(c5cc(C)ccc5C)C(=O)C3N(CCO)C(=O)[C@@H]4[C@H]2C1=O. The molecule has 0 saturated carbocycles. The maximum absolute atomic E-state index is 14.2. The van der Waals surface area contributed by atoms with E-state index in [9.17, 15) is 19.5 Å². The fourth-order valence-corrected chi connectivity index (χ4v) is 6.23. The number of fused-ring (bicyclic) bond motifs is 2. The highest BCUT2D eigenvalue weighted by Crippen LogP contribution is 2.53. The Hall–Kier alpha value is -2.97. The highest BCUT2D eigenvalue weighted by atomic mass is 16.5. The van der Waals surface area contributed by atoms with Crippen molar-refractivity contribution in [1.82, 2.24) is 9.80 Å². The number of nitrogens with zero attached hydrogens (tertiary/aromatic N) is 3. The number of ether oxygens (including phenoxy) is 1. The van der Waals surface area contributed by atoms with Gasteiger partial charge in [-0.25, -0.2) is 0 Å². The van der Waals surface area contributed by atoms with Crippen molar-refractivity contribution in [1.29, 1.82) is 0 Å². The van der Waals surface area contributed by atoms with Crippen LogP contribution in [-0.2, 0) is 19.1 Å². The first kappa shape index (κ1) is 23.8. The second-order valence-corrected chi connectivity index (χ2v) is 9.95. The highest BCUT2D eigenvalue weighted by molar-refractivity contribution is 6.06. The van der Waals surface area contributed by atoms with E-state index in [0.717, 1.165) is 23.2 Å². The first-order valence-corrected chi connectivity index (χ1v) is 12.4. The molecule has 2 fully saturated rings. The van der Waals surface area contributed by atoms with E-state index in [1.807, 2.05) is 63.3 Å². The molecule has 1 N–H and O–H groups in total. The molecule has 8 heteroatoms. The van der Waals surface area contributed by atoms with Crippen molar-refractivity contribution in [3.63, 3.8) is 0 Å². The number of aliphatic hydroxyl groups excluding tert-OH is 1. The molecule has 0 aromatic heterocycles. The summed E-state index contributed by atoms with van der Waals surface area (Å²) in [5.74, 6) is -2.21. The zero-order chi connectivity index (χ0) is 24.9. The van der Waals surface area contributed by atoms with Crippen LogP contribution in [0.5, 0.6) is 0 Å². The van der Waals surface area contributed by atoms with Crippen molar-refractivity contribution in [3.05, 3.63) is 53.6 Å². The lowest BCUT2D eigenvalue weighted by molar-refractivity contribution is -0.144. The monoisotopic (exact) mass is 479 g/mol. The molecule has 8 nitrogen and oxygen atoms in total. The number of aryl methyl sites for hydroxylation is 2. The Morgan fingerprint density at radius 3 is 2.60 bits per heavy atom. The minimum Gasteiger partial charge on any atom is -0.395 e. The van der Waals surface area contributed by atoms with E-state index in [0.29, 0.717) is 19.6 Å². The molecule has 186 valence electrons. The molecule has 4 heterocycles. The van der Waals surface area contributed by atoms with Crippen LogP contribution in [0.15, 0.2) is 42.5 Å². The molecule has 0 radical (unpaired) electrons. The molecule has 4 aliphatic heterocycles. The van der Waals surface area contributed by atoms with Crippen molar-refractivity contribution >= 4 is 23.4 Å². The van der Waals surface area contributed by atoms with Crippen LogP contribution in [0.25, 0.3) is 0 Å². The summed E-state index contributed by atoms with van der Waals surface area (Å²) in [6, 6.07) is 4.99. The van der Waals surface area contributed by atoms with Crippen LogP contribution in [0.4, 0.5) is 5.69 Å². The largest absolute Gasteiger partial charge is 0.395 e. The Morgan fingerprint density at radius 1 is 1.06 bits per heavy atom. The smallest absolute Gasteiger partial charge is 0.253 e. The van der Waals surface area contributed by atoms with Gasteiger partial charge in [-0.15, -0.1) is 0 Å². The van der Waals surface area contributed by atoms with Gasteiger partial charge < -0.3 is 24.5 Å². The third-order valence-electron chi connectivity index (χ3n) is 7.73. The van der Waals surface area contributed by atoms with Crippen LogP contribution in [0.2, 0.25) is 0 Å². The van der Waals surface area contributed by atoms with Crippen LogP contribution in [0.1, 0.15) is 24.5 Å². The van der Waals surface area contributed by atoms with Crippen molar-refractivity contribution in [3.8, 4) is 0 Å².